The molecule has 122 valence electrons. The van der Waals surface area contributed by atoms with Gasteiger partial charge >= 0.3 is 0 Å². The molecule has 22 heavy (non-hydrogen) atoms. The predicted octanol–water partition coefficient (Wildman–Crippen LogP) is 2.00. The van der Waals surface area contributed by atoms with E-state index >= 15 is 0 Å². The SMILES string of the molecule is CC(=O)NC(CC(=O)N1CC[C@H](N)C1)c1ccc(Br)cc1.Cl. The number of amides is 2. The van der Waals surface area contributed by atoms with E-state index in [9.17, 15) is 9.59 Å². The summed E-state index contributed by atoms with van der Waals surface area (Å²) in [6.07, 6.45) is 1.10. The number of hydrogen-bond acceptors (Lipinski definition) is 3. The first-order valence-corrected chi connectivity index (χ1v) is 7.81. The second-order valence-corrected chi connectivity index (χ2v) is 6.31. The Labute approximate surface area is 145 Å². The lowest BCUT2D eigenvalue weighted by molar-refractivity contribution is -0.131. The minimum Gasteiger partial charge on any atom is -0.349 e. The Bertz CT molecular complexity index is 524. The van der Waals surface area contributed by atoms with Gasteiger partial charge in [0.15, 0.2) is 0 Å². The number of benzene rings is 1. The van der Waals surface area contributed by atoms with E-state index in [1.165, 1.54) is 6.92 Å². The average molecular weight is 391 g/mol. The zero-order chi connectivity index (χ0) is 15.4. The van der Waals surface area contributed by atoms with Gasteiger partial charge in [0.05, 0.1) is 12.5 Å². The van der Waals surface area contributed by atoms with Crippen LogP contribution in [-0.2, 0) is 9.59 Å². The smallest absolute Gasteiger partial charge is 0.225 e. The maximum absolute atomic E-state index is 12.3. The molecule has 1 aliphatic rings. The number of carbonyl (C=O) groups excluding carboxylic acids is 2. The van der Waals surface area contributed by atoms with E-state index < -0.39 is 0 Å². The summed E-state index contributed by atoms with van der Waals surface area (Å²) in [5.74, 6) is -0.113. The standard InChI is InChI=1S/C15H20BrN3O2.ClH/c1-10(20)18-14(11-2-4-12(16)5-3-11)8-15(21)19-7-6-13(17)9-19;/h2-5,13-14H,6-9,17H2,1H3,(H,18,20);1H/t13-,14?;/m0./s1. The van der Waals surface area contributed by atoms with Gasteiger partial charge in [0, 0.05) is 30.5 Å². The lowest BCUT2D eigenvalue weighted by Gasteiger charge is -2.22. The van der Waals surface area contributed by atoms with E-state index in [1.54, 1.807) is 4.90 Å². The number of carbonyl (C=O) groups is 2. The third-order valence-electron chi connectivity index (χ3n) is 3.61. The molecule has 1 fully saturated rings. The van der Waals surface area contributed by atoms with Gasteiger partial charge in [-0.3, -0.25) is 9.59 Å². The minimum atomic E-state index is -0.306. The van der Waals surface area contributed by atoms with Gasteiger partial charge in [0.1, 0.15) is 0 Å². The summed E-state index contributed by atoms with van der Waals surface area (Å²) in [6, 6.07) is 7.39. The van der Waals surface area contributed by atoms with Crippen LogP contribution >= 0.6 is 28.3 Å². The Morgan fingerprint density at radius 3 is 2.55 bits per heavy atom. The Hall–Kier alpha value is -1.11. The first kappa shape index (κ1) is 18.9. The third-order valence-corrected chi connectivity index (χ3v) is 4.13. The van der Waals surface area contributed by atoms with E-state index in [1.807, 2.05) is 24.3 Å². The summed E-state index contributed by atoms with van der Waals surface area (Å²) in [4.78, 5) is 25.5. The molecule has 7 heteroatoms. The fourth-order valence-electron chi connectivity index (χ4n) is 2.51. The van der Waals surface area contributed by atoms with Gasteiger partial charge in [-0.1, -0.05) is 28.1 Å². The topological polar surface area (TPSA) is 75.4 Å². The molecule has 1 aromatic carbocycles. The van der Waals surface area contributed by atoms with Crippen LogP contribution in [0.25, 0.3) is 0 Å². The molecular weight excluding hydrogens is 370 g/mol. The van der Waals surface area contributed by atoms with Crippen molar-refractivity contribution in [3.05, 3.63) is 34.3 Å². The van der Waals surface area contributed by atoms with Crippen molar-refractivity contribution in [3.8, 4) is 0 Å². The van der Waals surface area contributed by atoms with Crippen LogP contribution in [-0.4, -0.2) is 35.8 Å². The highest BCUT2D eigenvalue weighted by molar-refractivity contribution is 9.10. The molecule has 2 amide bonds. The first-order chi connectivity index (χ1) is 9.95. The number of nitrogens with zero attached hydrogens (tertiary/aromatic N) is 1. The monoisotopic (exact) mass is 389 g/mol. The van der Waals surface area contributed by atoms with Gasteiger partial charge in [0.25, 0.3) is 0 Å². The molecule has 0 saturated carbocycles. The second kappa shape index (κ2) is 8.50. The maximum atomic E-state index is 12.3. The van der Waals surface area contributed by atoms with Crippen LogP contribution in [0, 0.1) is 0 Å². The molecule has 0 radical (unpaired) electrons. The van der Waals surface area contributed by atoms with E-state index in [2.05, 4.69) is 21.2 Å². The van der Waals surface area contributed by atoms with E-state index in [0.29, 0.717) is 13.1 Å². The summed E-state index contributed by atoms with van der Waals surface area (Å²) in [5, 5.41) is 2.85. The number of nitrogens with two attached hydrogens (primary N) is 1. The van der Waals surface area contributed by atoms with Crippen molar-refractivity contribution in [2.45, 2.75) is 31.8 Å². The molecule has 1 saturated heterocycles. The van der Waals surface area contributed by atoms with Gasteiger partial charge in [-0.25, -0.2) is 0 Å². The van der Waals surface area contributed by atoms with Gasteiger partial charge < -0.3 is 16.0 Å². The summed E-state index contributed by atoms with van der Waals surface area (Å²) in [6.45, 7) is 2.77. The second-order valence-electron chi connectivity index (χ2n) is 5.40. The van der Waals surface area contributed by atoms with Crippen LogP contribution in [0.15, 0.2) is 28.7 Å². The molecule has 3 N–H and O–H groups in total. The lowest BCUT2D eigenvalue weighted by Crippen LogP contribution is -2.36. The molecule has 0 aliphatic carbocycles. The van der Waals surface area contributed by atoms with Crippen LogP contribution < -0.4 is 11.1 Å². The van der Waals surface area contributed by atoms with Gasteiger partial charge in [-0.05, 0) is 24.1 Å². The summed E-state index contributed by atoms with van der Waals surface area (Å²) in [7, 11) is 0. The molecule has 0 aromatic heterocycles. The van der Waals surface area contributed by atoms with Crippen molar-refractivity contribution >= 4 is 40.2 Å². The summed E-state index contributed by atoms with van der Waals surface area (Å²) in [5.41, 5.74) is 6.75. The molecule has 5 nitrogen and oxygen atoms in total. The van der Waals surface area contributed by atoms with E-state index in [4.69, 9.17) is 5.73 Å². The highest BCUT2D eigenvalue weighted by Gasteiger charge is 2.26. The molecule has 1 heterocycles. The van der Waals surface area contributed by atoms with Gasteiger partial charge in [0.2, 0.25) is 11.8 Å². The lowest BCUT2D eigenvalue weighted by atomic mass is 10.0. The van der Waals surface area contributed by atoms with Crippen LogP contribution in [0.1, 0.15) is 31.4 Å². The van der Waals surface area contributed by atoms with Crippen molar-refractivity contribution in [3.63, 3.8) is 0 Å². The minimum absolute atomic E-state index is 0. The number of hydrogen-bond donors (Lipinski definition) is 2. The van der Waals surface area contributed by atoms with Crippen LogP contribution in [0.3, 0.4) is 0 Å². The van der Waals surface area contributed by atoms with Crippen molar-refractivity contribution < 1.29 is 9.59 Å². The third kappa shape index (κ3) is 5.26. The molecule has 1 aromatic rings. The highest BCUT2D eigenvalue weighted by atomic mass is 79.9. The molecular formula is C15H21BrClN3O2. The fraction of sp³-hybridized carbons (Fsp3) is 0.467. The fourth-order valence-corrected chi connectivity index (χ4v) is 2.77. The van der Waals surface area contributed by atoms with Gasteiger partial charge in [-0.2, -0.15) is 0 Å². The predicted molar refractivity (Wildman–Crippen MR) is 91.7 cm³/mol. The first-order valence-electron chi connectivity index (χ1n) is 7.01. The molecule has 2 atom stereocenters. The van der Waals surface area contributed by atoms with Crippen molar-refractivity contribution in [1.82, 2.24) is 10.2 Å². The highest BCUT2D eigenvalue weighted by Crippen LogP contribution is 2.21. The summed E-state index contributed by atoms with van der Waals surface area (Å²) < 4.78 is 0.963. The Balaban J connectivity index is 0.00000242. The van der Waals surface area contributed by atoms with E-state index in [0.717, 1.165) is 16.5 Å². The molecule has 0 bridgehead atoms. The van der Waals surface area contributed by atoms with E-state index in [-0.39, 0.29) is 42.7 Å². The Kier molecular flexibility index (Phi) is 7.32. The van der Waals surface area contributed by atoms with Crippen LogP contribution in [0.5, 0.6) is 0 Å². The number of halogens is 2. The largest absolute Gasteiger partial charge is 0.349 e. The molecule has 1 aliphatic heterocycles. The quantitative estimate of drug-likeness (QED) is 0.825. The molecule has 0 spiro atoms. The summed E-state index contributed by atoms with van der Waals surface area (Å²) >= 11 is 3.38. The zero-order valence-electron chi connectivity index (χ0n) is 12.4. The Morgan fingerprint density at radius 1 is 1.41 bits per heavy atom. The average Bonchev–Trinajstić information content (AvgIpc) is 2.85. The molecule has 2 rings (SSSR count). The van der Waals surface area contributed by atoms with Crippen LogP contribution in [0.2, 0.25) is 0 Å². The van der Waals surface area contributed by atoms with Crippen molar-refractivity contribution in [1.29, 1.82) is 0 Å². The maximum Gasteiger partial charge on any atom is 0.225 e. The van der Waals surface area contributed by atoms with Crippen molar-refractivity contribution in [2.75, 3.05) is 13.1 Å². The number of likely N-dealkylation sites (tertiary alicyclic amines) is 1. The van der Waals surface area contributed by atoms with Crippen molar-refractivity contribution in [2.24, 2.45) is 5.73 Å². The number of rotatable bonds is 4. The molecule has 1 unspecified atom stereocenters. The normalized spacial score (nSPS) is 18.5. The van der Waals surface area contributed by atoms with Gasteiger partial charge in [-0.15, -0.1) is 12.4 Å². The number of nitrogens with one attached hydrogen (secondary N) is 1. The Morgan fingerprint density at radius 2 is 2.05 bits per heavy atom. The van der Waals surface area contributed by atoms with Crippen LogP contribution in [0.4, 0.5) is 0 Å². The zero-order valence-corrected chi connectivity index (χ0v) is 14.8.